The molecule has 0 unspecified atom stereocenters. The number of alkyl halides is 2. The average Bonchev–Trinajstić information content (AvgIpc) is 2.42. The van der Waals surface area contributed by atoms with Crippen molar-refractivity contribution in [3.05, 3.63) is 60.7 Å². The van der Waals surface area contributed by atoms with Gasteiger partial charge in [-0.1, -0.05) is 59.6 Å². The summed E-state index contributed by atoms with van der Waals surface area (Å²) in [7, 11) is -1.72. The molecule has 0 nitrogen and oxygen atoms in total. The number of benzene rings is 2. The summed E-state index contributed by atoms with van der Waals surface area (Å²) in [6.07, 6.45) is 0.971. The Morgan fingerprint density at radius 2 is 1.22 bits per heavy atom. The van der Waals surface area contributed by atoms with Gasteiger partial charge in [0.15, 0.2) is 0 Å². The molecule has 0 aliphatic carbocycles. The van der Waals surface area contributed by atoms with Crippen molar-refractivity contribution in [1.82, 2.24) is 0 Å². The molecule has 0 aromatic heterocycles. The van der Waals surface area contributed by atoms with Gasteiger partial charge in [0.05, 0.1) is 6.16 Å². The Hall–Kier alpha value is -0.550. The van der Waals surface area contributed by atoms with Crippen molar-refractivity contribution in [1.29, 1.82) is 0 Å². The molecule has 0 bridgehead atoms. The lowest BCUT2D eigenvalue weighted by Gasteiger charge is -2.27. The Morgan fingerprint density at radius 1 is 0.833 bits per heavy atom. The van der Waals surface area contributed by atoms with Crippen molar-refractivity contribution in [2.75, 3.05) is 6.16 Å². The molecule has 0 N–H and O–H groups in total. The van der Waals surface area contributed by atoms with E-state index in [2.05, 4.69) is 55.5 Å². The standard InChI is InChI=1S/C15H16Cl2P/c1-2-18(15(16)17,13-9-5-3-6-10-13)14-11-7-4-8-12-14/h3-12,15H,2H2,1H3/q+1. The first-order valence-corrected chi connectivity index (χ1v) is 8.90. The Labute approximate surface area is 119 Å². The summed E-state index contributed by atoms with van der Waals surface area (Å²) < 4.78 is -0.368. The van der Waals surface area contributed by atoms with Gasteiger partial charge in [-0.3, -0.25) is 0 Å². The molecule has 0 saturated carbocycles. The zero-order valence-electron chi connectivity index (χ0n) is 10.3. The number of hydrogen-bond acceptors (Lipinski definition) is 0. The van der Waals surface area contributed by atoms with Crippen molar-refractivity contribution >= 4 is 41.1 Å². The zero-order chi connectivity index (χ0) is 13.0. The fraction of sp³-hybridized carbons (Fsp3) is 0.200. The first-order chi connectivity index (χ1) is 8.71. The van der Waals surface area contributed by atoms with Gasteiger partial charge in [0.1, 0.15) is 17.9 Å². The highest BCUT2D eigenvalue weighted by molar-refractivity contribution is 7.92. The predicted octanol–water partition coefficient (Wildman–Crippen LogP) is 4.44. The van der Waals surface area contributed by atoms with E-state index in [1.807, 2.05) is 12.1 Å². The molecular formula is C15H16Cl2P+. The normalized spacial score (nSPS) is 11.8. The summed E-state index contributed by atoms with van der Waals surface area (Å²) in [6, 6.07) is 20.8. The molecule has 0 fully saturated rings. The fourth-order valence-electron chi connectivity index (χ4n) is 2.27. The molecule has 2 aromatic carbocycles. The summed E-state index contributed by atoms with van der Waals surface area (Å²) in [5, 5.41) is 2.54. The van der Waals surface area contributed by atoms with E-state index < -0.39 is 7.26 Å². The molecule has 18 heavy (non-hydrogen) atoms. The molecule has 0 amide bonds. The van der Waals surface area contributed by atoms with Crippen LogP contribution in [0.3, 0.4) is 0 Å². The van der Waals surface area contributed by atoms with Crippen molar-refractivity contribution in [2.24, 2.45) is 0 Å². The van der Waals surface area contributed by atoms with Crippen molar-refractivity contribution in [3.63, 3.8) is 0 Å². The van der Waals surface area contributed by atoms with Crippen molar-refractivity contribution < 1.29 is 0 Å². The summed E-state index contributed by atoms with van der Waals surface area (Å²) in [4.78, 5) is 0. The van der Waals surface area contributed by atoms with Crippen LogP contribution in [0.4, 0.5) is 0 Å². The highest BCUT2D eigenvalue weighted by Gasteiger charge is 2.47. The Kier molecular flexibility index (Phi) is 4.67. The number of rotatable bonds is 4. The van der Waals surface area contributed by atoms with E-state index in [1.165, 1.54) is 10.6 Å². The fourth-order valence-corrected chi connectivity index (χ4v) is 7.61. The van der Waals surface area contributed by atoms with Gasteiger partial charge in [0.25, 0.3) is 0 Å². The molecule has 0 aliphatic heterocycles. The molecular weight excluding hydrogens is 282 g/mol. The van der Waals surface area contributed by atoms with Gasteiger partial charge in [0, 0.05) is 0 Å². The molecule has 0 radical (unpaired) electrons. The summed E-state index contributed by atoms with van der Waals surface area (Å²) in [5.74, 6) is 0. The highest BCUT2D eigenvalue weighted by atomic mass is 35.5. The quantitative estimate of drug-likeness (QED) is 0.578. The van der Waals surface area contributed by atoms with Gasteiger partial charge >= 0.3 is 0 Å². The summed E-state index contributed by atoms with van der Waals surface area (Å²) in [6.45, 7) is 2.17. The van der Waals surface area contributed by atoms with Crippen LogP contribution >= 0.6 is 30.5 Å². The van der Waals surface area contributed by atoms with E-state index in [4.69, 9.17) is 23.2 Å². The minimum atomic E-state index is -1.72. The Bertz CT molecular complexity index is 443. The van der Waals surface area contributed by atoms with Crippen LogP contribution in [0, 0.1) is 0 Å². The maximum atomic E-state index is 6.38. The monoisotopic (exact) mass is 297 g/mol. The van der Waals surface area contributed by atoms with E-state index in [9.17, 15) is 0 Å². The van der Waals surface area contributed by atoms with Crippen molar-refractivity contribution in [3.8, 4) is 0 Å². The molecule has 0 saturated heterocycles. The molecule has 94 valence electrons. The lowest BCUT2D eigenvalue weighted by molar-refractivity contribution is 1.46. The van der Waals surface area contributed by atoms with Crippen LogP contribution in [0.15, 0.2) is 60.7 Å². The third-order valence-corrected chi connectivity index (χ3v) is 9.37. The zero-order valence-corrected chi connectivity index (χ0v) is 12.7. The van der Waals surface area contributed by atoms with Crippen LogP contribution in [-0.2, 0) is 0 Å². The lowest BCUT2D eigenvalue weighted by atomic mass is 10.4. The molecule has 0 atom stereocenters. The van der Waals surface area contributed by atoms with Gasteiger partial charge < -0.3 is 0 Å². The third-order valence-electron chi connectivity index (χ3n) is 3.27. The molecule has 0 spiro atoms. The van der Waals surface area contributed by atoms with Crippen LogP contribution in [0.1, 0.15) is 6.92 Å². The van der Waals surface area contributed by atoms with E-state index in [0.717, 1.165) is 6.16 Å². The number of halogens is 2. The SMILES string of the molecule is CC[P+](c1ccccc1)(c1ccccc1)C(Cl)Cl. The van der Waals surface area contributed by atoms with Crippen LogP contribution in [0.2, 0.25) is 0 Å². The van der Waals surface area contributed by atoms with E-state index in [-0.39, 0.29) is 4.58 Å². The summed E-state index contributed by atoms with van der Waals surface area (Å²) >= 11 is 12.8. The largest absolute Gasteiger partial charge is 0.224 e. The second-order valence-corrected chi connectivity index (χ2v) is 9.76. The van der Waals surface area contributed by atoms with Gasteiger partial charge in [-0.15, -0.1) is 0 Å². The van der Waals surface area contributed by atoms with Crippen LogP contribution in [0.25, 0.3) is 0 Å². The maximum Gasteiger partial charge on any atom is 0.224 e. The maximum absolute atomic E-state index is 6.38. The topological polar surface area (TPSA) is 0 Å². The van der Waals surface area contributed by atoms with Gasteiger partial charge in [-0.05, 0) is 31.2 Å². The minimum absolute atomic E-state index is 0.368. The molecule has 2 rings (SSSR count). The Balaban J connectivity index is 2.61. The van der Waals surface area contributed by atoms with Crippen LogP contribution in [0.5, 0.6) is 0 Å². The molecule has 3 heteroatoms. The highest BCUT2D eigenvalue weighted by Crippen LogP contribution is 2.63. The lowest BCUT2D eigenvalue weighted by Crippen LogP contribution is -2.28. The Morgan fingerprint density at radius 3 is 1.50 bits per heavy atom. The van der Waals surface area contributed by atoms with E-state index in [1.54, 1.807) is 0 Å². The van der Waals surface area contributed by atoms with Crippen LogP contribution in [-0.4, -0.2) is 10.7 Å². The summed E-state index contributed by atoms with van der Waals surface area (Å²) in [5.41, 5.74) is 0. The smallest absolute Gasteiger partial charge is 0.0620 e. The van der Waals surface area contributed by atoms with Gasteiger partial charge in [-0.25, -0.2) is 0 Å². The van der Waals surface area contributed by atoms with E-state index in [0.29, 0.717) is 0 Å². The molecule has 0 aliphatic rings. The van der Waals surface area contributed by atoms with Gasteiger partial charge in [0.2, 0.25) is 4.58 Å². The second kappa shape index (κ2) is 6.06. The van der Waals surface area contributed by atoms with Crippen molar-refractivity contribution in [2.45, 2.75) is 11.5 Å². The minimum Gasteiger partial charge on any atom is -0.0620 e. The molecule has 2 aromatic rings. The predicted molar refractivity (Wildman–Crippen MR) is 85.1 cm³/mol. The van der Waals surface area contributed by atoms with Gasteiger partial charge in [-0.2, -0.15) is 0 Å². The first-order valence-electron chi connectivity index (χ1n) is 5.99. The first kappa shape index (κ1) is 13.9. The second-order valence-electron chi connectivity index (χ2n) is 4.13. The van der Waals surface area contributed by atoms with Crippen LogP contribution < -0.4 is 10.6 Å². The third kappa shape index (κ3) is 2.43. The number of hydrogen-bond donors (Lipinski definition) is 0. The van der Waals surface area contributed by atoms with E-state index >= 15 is 0 Å². The molecule has 0 heterocycles. The average molecular weight is 298 g/mol.